The number of carbonyl (C=O) groups is 1. The summed E-state index contributed by atoms with van der Waals surface area (Å²) in [7, 11) is 1.72. The van der Waals surface area contributed by atoms with Gasteiger partial charge in [-0.25, -0.2) is 0 Å². The van der Waals surface area contributed by atoms with Crippen LogP contribution in [-0.4, -0.2) is 13.9 Å². The Hall–Kier alpha value is -1.45. The zero-order chi connectivity index (χ0) is 12.0. The number of carbonyl (C=O) groups excluding carboxylic acids is 1. The van der Waals surface area contributed by atoms with E-state index in [9.17, 15) is 0 Å². The molecule has 84 valence electrons. The highest BCUT2D eigenvalue weighted by molar-refractivity contribution is 7.19. The number of benzene rings is 1. The lowest BCUT2D eigenvalue weighted by Crippen LogP contribution is -1.79. The topological polar surface area (TPSA) is 26.3 Å². The van der Waals surface area contributed by atoms with E-state index in [-0.39, 0.29) is 0 Å². The van der Waals surface area contributed by atoms with Crippen LogP contribution in [0.5, 0.6) is 0 Å². The van der Waals surface area contributed by atoms with Gasteiger partial charge >= 0.3 is 0 Å². The van der Waals surface area contributed by atoms with Crippen molar-refractivity contribution in [3.05, 3.63) is 41.3 Å². The zero-order valence-corrected chi connectivity index (χ0v) is 10.0. The van der Waals surface area contributed by atoms with E-state index in [0.29, 0.717) is 6.61 Å². The van der Waals surface area contributed by atoms with Crippen LogP contribution in [-0.2, 0) is 16.1 Å². The zero-order valence-electron chi connectivity index (χ0n) is 9.23. The molecule has 0 unspecified atom stereocenters. The summed E-state index contributed by atoms with van der Waals surface area (Å²) in [6.07, 6.45) is 1.87. The smallest absolute Gasteiger partial charge is 0.106 e. The molecule has 1 heterocycles. The van der Waals surface area contributed by atoms with Gasteiger partial charge in [-0.3, -0.25) is 0 Å². The Morgan fingerprint density at radius 1 is 1.38 bits per heavy atom. The molecule has 0 bridgehead atoms. The van der Waals surface area contributed by atoms with Gasteiger partial charge < -0.3 is 9.53 Å². The summed E-state index contributed by atoms with van der Waals surface area (Å²) in [4.78, 5) is 9.27. The molecule has 0 aliphatic heterocycles. The first-order valence-electron chi connectivity index (χ1n) is 4.76. The molecule has 16 heavy (non-hydrogen) atoms. The second-order valence-electron chi connectivity index (χ2n) is 3.15. The molecule has 0 amide bonds. The number of thiophene rings is 1. The van der Waals surface area contributed by atoms with Gasteiger partial charge in [-0.15, -0.1) is 11.3 Å². The Morgan fingerprint density at radius 3 is 2.75 bits per heavy atom. The Bertz CT molecular complexity index is 474. The van der Waals surface area contributed by atoms with Crippen molar-refractivity contribution >= 4 is 34.3 Å². The summed E-state index contributed by atoms with van der Waals surface area (Å²) in [6.45, 7) is 6.46. The lowest BCUT2D eigenvalue weighted by atomic mass is 10.2. The van der Waals surface area contributed by atoms with Crippen LogP contribution in [0.1, 0.15) is 10.4 Å². The molecule has 2 nitrogen and oxygen atoms in total. The van der Waals surface area contributed by atoms with Gasteiger partial charge in [-0.05, 0) is 23.1 Å². The predicted molar refractivity (Wildman–Crippen MR) is 69.8 cm³/mol. The molecule has 0 radical (unpaired) electrons. The number of hydrogen-bond donors (Lipinski definition) is 0. The highest BCUT2D eigenvalue weighted by atomic mass is 32.1. The second-order valence-corrected chi connectivity index (χ2v) is 4.32. The average Bonchev–Trinajstić information content (AvgIpc) is 2.73. The minimum Gasteiger partial charge on any atom is -0.379 e. The largest absolute Gasteiger partial charge is 0.379 e. The molecular formula is C13H14O2S. The van der Waals surface area contributed by atoms with E-state index in [1.165, 1.54) is 20.5 Å². The first-order chi connectivity index (χ1) is 7.83. The van der Waals surface area contributed by atoms with Gasteiger partial charge in [0.1, 0.15) is 6.79 Å². The molecule has 0 spiro atoms. The molecule has 3 heteroatoms. The third-order valence-electron chi connectivity index (χ3n) is 2.12. The van der Waals surface area contributed by atoms with E-state index < -0.39 is 0 Å². The van der Waals surface area contributed by atoms with Gasteiger partial charge in [-0.1, -0.05) is 24.8 Å². The van der Waals surface area contributed by atoms with E-state index >= 15 is 0 Å². The van der Waals surface area contributed by atoms with E-state index in [1.54, 1.807) is 18.4 Å². The Labute approximate surface area is 99.2 Å². The minimum absolute atomic E-state index is 0.697. The van der Waals surface area contributed by atoms with Crippen molar-refractivity contribution in [2.75, 3.05) is 7.11 Å². The molecular weight excluding hydrogens is 220 g/mol. The third-order valence-corrected chi connectivity index (χ3v) is 3.19. The highest BCUT2D eigenvalue weighted by Gasteiger charge is 2.01. The molecule has 0 fully saturated rings. The van der Waals surface area contributed by atoms with E-state index in [0.717, 1.165) is 0 Å². The molecule has 2 aromatic rings. The summed E-state index contributed by atoms with van der Waals surface area (Å²) < 4.78 is 6.40. The van der Waals surface area contributed by atoms with Gasteiger partial charge in [0.05, 0.1) is 6.61 Å². The molecule has 2 rings (SSSR count). The first-order valence-corrected chi connectivity index (χ1v) is 5.58. The van der Waals surface area contributed by atoms with Crippen LogP contribution in [0, 0.1) is 0 Å². The number of methoxy groups -OCH3 is 1. The fraction of sp³-hybridized carbons (Fsp3) is 0.154. The Balaban J connectivity index is 0.000000606. The molecule has 0 N–H and O–H groups in total. The summed E-state index contributed by atoms with van der Waals surface area (Å²) in [5, 5.41) is 1.28. The van der Waals surface area contributed by atoms with Crippen LogP contribution >= 0.6 is 11.3 Å². The molecule has 0 saturated carbocycles. The van der Waals surface area contributed by atoms with Crippen molar-refractivity contribution < 1.29 is 9.53 Å². The van der Waals surface area contributed by atoms with E-state index in [4.69, 9.17) is 9.53 Å². The molecule has 1 aromatic heterocycles. The summed E-state index contributed by atoms with van der Waals surface area (Å²) in [5.41, 5.74) is 1.17. The molecule has 0 atom stereocenters. The van der Waals surface area contributed by atoms with E-state index in [1.807, 2.05) is 12.9 Å². The van der Waals surface area contributed by atoms with Crippen molar-refractivity contribution in [3.8, 4) is 0 Å². The average molecular weight is 234 g/mol. The Morgan fingerprint density at radius 2 is 2.12 bits per heavy atom. The number of hydrogen-bond acceptors (Lipinski definition) is 3. The van der Waals surface area contributed by atoms with Crippen molar-refractivity contribution in [1.29, 1.82) is 0 Å². The van der Waals surface area contributed by atoms with Crippen LogP contribution in [0.2, 0.25) is 0 Å². The summed E-state index contributed by atoms with van der Waals surface area (Å²) in [6, 6.07) is 8.54. The predicted octanol–water partition coefficient (Wildman–Crippen LogP) is 3.51. The molecule has 0 aliphatic carbocycles. The third kappa shape index (κ3) is 2.78. The molecule has 0 saturated heterocycles. The summed E-state index contributed by atoms with van der Waals surface area (Å²) >= 11 is 1.78. The van der Waals surface area contributed by atoms with Gasteiger partial charge in [0.2, 0.25) is 0 Å². The van der Waals surface area contributed by atoms with Crippen LogP contribution in [0.4, 0.5) is 0 Å². The quantitative estimate of drug-likeness (QED) is 0.812. The lowest BCUT2D eigenvalue weighted by Gasteiger charge is -1.91. The van der Waals surface area contributed by atoms with Crippen molar-refractivity contribution in [1.82, 2.24) is 0 Å². The van der Waals surface area contributed by atoms with Crippen molar-refractivity contribution in [2.45, 2.75) is 6.61 Å². The van der Waals surface area contributed by atoms with E-state index in [2.05, 4.69) is 30.8 Å². The lowest BCUT2D eigenvalue weighted by molar-refractivity contribution is -0.0979. The second kappa shape index (κ2) is 6.20. The van der Waals surface area contributed by atoms with Crippen LogP contribution in [0.15, 0.2) is 30.8 Å². The highest BCUT2D eigenvalue weighted by Crippen LogP contribution is 2.27. The summed E-state index contributed by atoms with van der Waals surface area (Å²) in [5.74, 6) is 0. The number of fused-ring (bicyclic) bond motifs is 1. The minimum atomic E-state index is 0.697. The van der Waals surface area contributed by atoms with Crippen LogP contribution in [0.3, 0.4) is 0 Å². The fourth-order valence-corrected chi connectivity index (χ4v) is 2.53. The van der Waals surface area contributed by atoms with Crippen molar-refractivity contribution in [2.24, 2.45) is 0 Å². The molecule has 0 aliphatic rings. The first kappa shape index (κ1) is 12.6. The van der Waals surface area contributed by atoms with Gasteiger partial charge in [0.15, 0.2) is 0 Å². The standard InChI is InChI=1S/C12H12OS.CH2O/c1-3-9-4-5-10-7-11(8-13-2)14-12(10)6-9;1-2/h3-7H,1,8H2,2H3;1H2. The monoisotopic (exact) mass is 234 g/mol. The van der Waals surface area contributed by atoms with Crippen molar-refractivity contribution in [3.63, 3.8) is 0 Å². The van der Waals surface area contributed by atoms with Gasteiger partial charge in [0.25, 0.3) is 0 Å². The van der Waals surface area contributed by atoms with Crippen LogP contribution < -0.4 is 0 Å². The maximum absolute atomic E-state index is 8.00. The Kier molecular flexibility index (Phi) is 4.89. The SMILES string of the molecule is C=Cc1ccc2cc(COC)sc2c1.C=O. The van der Waals surface area contributed by atoms with Gasteiger partial charge in [-0.2, -0.15) is 0 Å². The maximum atomic E-state index is 8.00. The fourth-order valence-electron chi connectivity index (χ4n) is 1.44. The molecule has 1 aromatic carbocycles. The maximum Gasteiger partial charge on any atom is 0.106 e. The van der Waals surface area contributed by atoms with Crippen LogP contribution in [0.25, 0.3) is 16.2 Å². The van der Waals surface area contributed by atoms with Gasteiger partial charge in [0, 0.05) is 16.7 Å². The number of rotatable bonds is 3. The number of ether oxygens (including phenoxy) is 1. The normalized spacial score (nSPS) is 9.56.